The van der Waals surface area contributed by atoms with Crippen LogP contribution in [0.1, 0.15) is 50.7 Å². The van der Waals surface area contributed by atoms with E-state index in [4.69, 9.17) is 0 Å². The molecular formula is C20H26Mo2S2. The van der Waals surface area contributed by atoms with E-state index in [1.807, 2.05) is 21.6 Å². The number of rotatable bonds is 9. The molecule has 0 heterocycles. The van der Waals surface area contributed by atoms with Gasteiger partial charge in [-0.15, -0.1) is 0 Å². The molecule has 24 heavy (non-hydrogen) atoms. The summed E-state index contributed by atoms with van der Waals surface area (Å²) in [6, 6.07) is 17.7. The Morgan fingerprint density at radius 1 is 0.625 bits per heavy atom. The summed E-state index contributed by atoms with van der Waals surface area (Å²) in [5.41, 5.74) is 2.99. The van der Waals surface area contributed by atoms with Crippen LogP contribution in [-0.4, -0.2) is 0 Å². The molecule has 2 rings (SSSR count). The normalized spacial score (nSPS) is 9.92. The Labute approximate surface area is 184 Å². The largest absolute Gasteiger partial charge is 0.0654 e. The molecule has 0 radical (unpaired) electrons. The zero-order valence-electron chi connectivity index (χ0n) is 14.5. The van der Waals surface area contributed by atoms with E-state index in [0.717, 1.165) is 0 Å². The van der Waals surface area contributed by atoms with Crippen molar-refractivity contribution in [2.45, 2.75) is 62.2 Å². The summed E-state index contributed by atoms with van der Waals surface area (Å²) in [7, 11) is 3.83. The Kier molecular flexibility index (Phi) is 15.0. The fourth-order valence-corrected chi connectivity index (χ4v) is 4.92. The second-order valence-corrected chi connectivity index (χ2v) is 7.80. The molecule has 2 aromatic carbocycles. The predicted molar refractivity (Wildman–Crippen MR) is 102 cm³/mol. The fourth-order valence-electron chi connectivity index (χ4n) is 2.41. The Morgan fingerprint density at radius 3 is 1.38 bits per heavy atom. The molecule has 0 N–H and O–H groups in total. The van der Waals surface area contributed by atoms with Gasteiger partial charge in [0.25, 0.3) is 0 Å². The third-order valence-electron chi connectivity index (χ3n) is 3.77. The molecule has 130 valence electrons. The maximum Gasteiger partial charge on any atom is 0.0218 e. The van der Waals surface area contributed by atoms with E-state index in [1.54, 1.807) is 0 Å². The van der Waals surface area contributed by atoms with Crippen molar-refractivity contribution in [3.63, 3.8) is 0 Å². The van der Waals surface area contributed by atoms with Gasteiger partial charge in [0, 0.05) is 51.9 Å². The molecule has 0 unspecified atom stereocenters. The Bertz CT molecular complexity index is 522. The van der Waals surface area contributed by atoms with Crippen molar-refractivity contribution in [2.24, 2.45) is 0 Å². The molecule has 0 amide bonds. The summed E-state index contributed by atoms with van der Waals surface area (Å²) in [5.74, 6) is 0. The quantitative estimate of drug-likeness (QED) is 0.253. The van der Waals surface area contributed by atoms with Crippen LogP contribution in [-0.2, 0) is 55.0 Å². The first-order valence-corrected chi connectivity index (χ1v) is 10.5. The molecule has 0 aliphatic carbocycles. The standard InChI is InChI=1S/C20H26S2.2Mo/c1-3-5-11-17-13-7-9-15-19(17)21-22-20-16-10-8-14-18(20)12-6-4-2;;/h7-10,13-16H,3-6,11-12H2,1-2H3;;. The van der Waals surface area contributed by atoms with Crippen LogP contribution in [0.3, 0.4) is 0 Å². The summed E-state index contributed by atoms with van der Waals surface area (Å²) in [4.78, 5) is 2.84. The van der Waals surface area contributed by atoms with E-state index in [9.17, 15) is 0 Å². The molecule has 0 aliphatic heterocycles. The number of hydrogen-bond acceptors (Lipinski definition) is 2. The summed E-state index contributed by atoms with van der Waals surface area (Å²) < 4.78 is 0. The SMILES string of the molecule is CCCCc1ccccc1SSc1ccccc1CCCC.[Mo].[Mo]. The van der Waals surface area contributed by atoms with Gasteiger partial charge in [-0.2, -0.15) is 0 Å². The van der Waals surface area contributed by atoms with E-state index in [1.165, 1.54) is 59.4 Å². The average molecular weight is 522 g/mol. The summed E-state index contributed by atoms with van der Waals surface area (Å²) in [6.07, 6.45) is 7.44. The Balaban J connectivity index is 0.00000264. The molecule has 0 nitrogen and oxygen atoms in total. The zero-order valence-corrected chi connectivity index (χ0v) is 20.1. The Hall–Kier alpha value is 0.517. The molecule has 0 aliphatic rings. The van der Waals surface area contributed by atoms with Crippen LogP contribution < -0.4 is 0 Å². The zero-order chi connectivity index (χ0) is 15.6. The van der Waals surface area contributed by atoms with Crippen LogP contribution in [0.25, 0.3) is 0 Å². The maximum absolute atomic E-state index is 2.28. The maximum atomic E-state index is 2.28. The molecule has 0 aromatic heterocycles. The van der Waals surface area contributed by atoms with E-state index < -0.39 is 0 Å². The van der Waals surface area contributed by atoms with E-state index in [2.05, 4.69) is 62.4 Å². The summed E-state index contributed by atoms with van der Waals surface area (Å²) >= 11 is 0. The summed E-state index contributed by atoms with van der Waals surface area (Å²) in [5, 5.41) is 0. The third kappa shape index (κ3) is 8.26. The second kappa shape index (κ2) is 14.7. The predicted octanol–water partition coefficient (Wildman–Crippen LogP) is 7.17. The van der Waals surface area contributed by atoms with E-state index in [-0.39, 0.29) is 42.1 Å². The van der Waals surface area contributed by atoms with Gasteiger partial charge < -0.3 is 0 Å². The first-order chi connectivity index (χ1) is 10.8. The van der Waals surface area contributed by atoms with Gasteiger partial charge >= 0.3 is 0 Å². The van der Waals surface area contributed by atoms with Crippen molar-refractivity contribution in [1.29, 1.82) is 0 Å². The molecule has 0 fully saturated rings. The van der Waals surface area contributed by atoms with E-state index in [0.29, 0.717) is 0 Å². The van der Waals surface area contributed by atoms with Crippen LogP contribution >= 0.6 is 21.6 Å². The van der Waals surface area contributed by atoms with Gasteiger partial charge in [-0.3, -0.25) is 0 Å². The van der Waals surface area contributed by atoms with Crippen molar-refractivity contribution in [3.05, 3.63) is 59.7 Å². The average Bonchev–Trinajstić information content (AvgIpc) is 2.57. The van der Waals surface area contributed by atoms with Crippen molar-refractivity contribution < 1.29 is 42.1 Å². The molecular weight excluding hydrogens is 496 g/mol. The molecule has 0 spiro atoms. The minimum Gasteiger partial charge on any atom is -0.0654 e. The molecule has 2 aromatic rings. The van der Waals surface area contributed by atoms with Gasteiger partial charge in [-0.05, 0) is 48.9 Å². The smallest absolute Gasteiger partial charge is 0.0218 e. The van der Waals surface area contributed by atoms with Crippen molar-refractivity contribution in [2.75, 3.05) is 0 Å². The van der Waals surface area contributed by atoms with E-state index >= 15 is 0 Å². The number of benzene rings is 2. The van der Waals surface area contributed by atoms with Crippen LogP contribution in [0.4, 0.5) is 0 Å². The van der Waals surface area contributed by atoms with Crippen LogP contribution in [0, 0.1) is 0 Å². The van der Waals surface area contributed by atoms with Crippen molar-refractivity contribution in [3.8, 4) is 0 Å². The minimum absolute atomic E-state index is 0. The summed E-state index contributed by atoms with van der Waals surface area (Å²) in [6.45, 7) is 4.52. The molecule has 0 saturated heterocycles. The van der Waals surface area contributed by atoms with Gasteiger partial charge in [0.05, 0.1) is 0 Å². The number of unbranched alkanes of at least 4 members (excludes halogenated alkanes) is 2. The first-order valence-electron chi connectivity index (χ1n) is 8.35. The van der Waals surface area contributed by atoms with Gasteiger partial charge in [-0.25, -0.2) is 0 Å². The van der Waals surface area contributed by atoms with Gasteiger partial charge in [0.1, 0.15) is 0 Å². The van der Waals surface area contributed by atoms with Gasteiger partial charge in [-0.1, -0.05) is 84.7 Å². The van der Waals surface area contributed by atoms with Crippen LogP contribution in [0.5, 0.6) is 0 Å². The molecule has 0 saturated carbocycles. The molecule has 0 bridgehead atoms. The minimum atomic E-state index is 0. The first kappa shape index (κ1) is 24.5. The third-order valence-corrected chi connectivity index (χ3v) is 6.33. The molecule has 4 heteroatoms. The topological polar surface area (TPSA) is 0 Å². The van der Waals surface area contributed by atoms with Gasteiger partial charge in [0.15, 0.2) is 0 Å². The van der Waals surface area contributed by atoms with Crippen molar-refractivity contribution in [1.82, 2.24) is 0 Å². The van der Waals surface area contributed by atoms with Crippen LogP contribution in [0.2, 0.25) is 0 Å². The fraction of sp³-hybridized carbons (Fsp3) is 0.400. The molecule has 0 atom stereocenters. The Morgan fingerprint density at radius 2 is 1.00 bits per heavy atom. The monoisotopic (exact) mass is 526 g/mol. The van der Waals surface area contributed by atoms with Gasteiger partial charge in [0.2, 0.25) is 0 Å². The number of aryl methyl sites for hydroxylation is 2. The van der Waals surface area contributed by atoms with Crippen molar-refractivity contribution >= 4 is 21.6 Å². The van der Waals surface area contributed by atoms with Crippen LogP contribution in [0.15, 0.2) is 58.3 Å². The number of hydrogen-bond donors (Lipinski definition) is 0. The second-order valence-electron chi connectivity index (χ2n) is 5.59.